The van der Waals surface area contributed by atoms with E-state index in [1.54, 1.807) is 12.1 Å². The van der Waals surface area contributed by atoms with E-state index >= 15 is 0 Å². The molecule has 0 aliphatic heterocycles. The minimum atomic E-state index is -0.864. The lowest BCUT2D eigenvalue weighted by Gasteiger charge is -2.59. The lowest BCUT2D eigenvalue weighted by atomic mass is 9.47. The van der Waals surface area contributed by atoms with Crippen LogP contribution in [0, 0.1) is 34.6 Å². The summed E-state index contributed by atoms with van der Waals surface area (Å²) in [6, 6.07) is 7.43. The maximum atomic E-state index is 12.2. The number of nitrogens with two attached hydrogens (primary N) is 1. The molecule has 1 aromatic carbocycles. The summed E-state index contributed by atoms with van der Waals surface area (Å²) in [5.74, 6) is 2.17. The Morgan fingerprint density at radius 2 is 1.97 bits per heavy atom. The second kappa shape index (κ2) is 7.21. The molecule has 3 N–H and O–H groups in total. The van der Waals surface area contributed by atoms with Gasteiger partial charge in [-0.25, -0.2) is 0 Å². The van der Waals surface area contributed by atoms with Crippen molar-refractivity contribution in [2.45, 2.75) is 57.6 Å². The zero-order valence-corrected chi connectivity index (χ0v) is 17.6. The Bertz CT molecular complexity index is 875. The quantitative estimate of drug-likeness (QED) is 0.436. The molecule has 0 heterocycles. The third-order valence-corrected chi connectivity index (χ3v) is 7.35. The van der Waals surface area contributed by atoms with Gasteiger partial charge in [-0.3, -0.25) is 4.79 Å². The number of nitrogens with one attached hydrogen (secondary N) is 1. The zero-order valence-electron chi connectivity index (χ0n) is 16.8. The summed E-state index contributed by atoms with van der Waals surface area (Å²) in [5, 5.41) is 13.3. The first-order valence-corrected chi connectivity index (χ1v) is 10.6. The molecule has 4 saturated carbocycles. The highest BCUT2D eigenvalue weighted by Crippen LogP contribution is 2.60. The van der Waals surface area contributed by atoms with Crippen LogP contribution in [-0.4, -0.2) is 23.4 Å². The largest absolute Gasteiger partial charge is 0.478 e. The molecule has 0 saturated heterocycles. The minimum absolute atomic E-state index is 0.149. The Labute approximate surface area is 176 Å². The van der Waals surface area contributed by atoms with Crippen molar-refractivity contribution in [3.63, 3.8) is 0 Å². The van der Waals surface area contributed by atoms with Gasteiger partial charge in [-0.2, -0.15) is 10.3 Å². The molecule has 2 atom stereocenters. The molecule has 1 amide bonds. The molecule has 0 radical (unpaired) electrons. The van der Waals surface area contributed by atoms with Crippen molar-refractivity contribution in [3.8, 4) is 11.9 Å². The number of amides is 1. The smallest absolute Gasteiger partial charge is 0.223 e. The van der Waals surface area contributed by atoms with E-state index in [9.17, 15) is 10.1 Å². The van der Waals surface area contributed by atoms with Crippen LogP contribution >= 0.6 is 11.6 Å². The second-order valence-electron chi connectivity index (χ2n) is 9.39. The molecular formula is C22H27ClN4O2. The normalized spacial score (nSPS) is 33.2. The van der Waals surface area contributed by atoms with Gasteiger partial charge in [-0.05, 0) is 75.8 Å². The molecular weight excluding hydrogens is 388 g/mol. The molecule has 4 fully saturated rings. The number of hydrogen-bond acceptors (Lipinski definition) is 4. The van der Waals surface area contributed by atoms with Crippen molar-refractivity contribution in [2.24, 2.45) is 33.9 Å². The third kappa shape index (κ3) is 3.57. The molecule has 1 aromatic rings. The second-order valence-corrected chi connectivity index (χ2v) is 9.80. The number of amidine groups is 1. The topological polar surface area (TPSA) is 100 Å². The number of aliphatic imine (C=N–C) groups is 1. The van der Waals surface area contributed by atoms with Crippen LogP contribution in [0.4, 0.5) is 0 Å². The molecule has 4 aliphatic carbocycles. The predicted octanol–water partition coefficient (Wildman–Crippen LogP) is 3.65. The molecule has 29 heavy (non-hydrogen) atoms. The van der Waals surface area contributed by atoms with Crippen molar-refractivity contribution < 1.29 is 9.53 Å². The number of carbonyl (C=O) groups is 1. The average Bonchev–Trinajstić information content (AvgIpc) is 2.65. The average molecular weight is 415 g/mol. The Morgan fingerprint density at radius 3 is 2.55 bits per heavy atom. The highest BCUT2D eigenvalue weighted by molar-refractivity contribution is 6.32. The summed E-state index contributed by atoms with van der Waals surface area (Å²) >= 11 is 6.25. The van der Waals surface area contributed by atoms with Crippen molar-refractivity contribution in [1.82, 2.24) is 5.32 Å². The first kappa shape index (κ1) is 20.0. The van der Waals surface area contributed by atoms with Gasteiger partial charge in [0.05, 0.1) is 5.02 Å². The van der Waals surface area contributed by atoms with Crippen molar-refractivity contribution in [3.05, 3.63) is 29.3 Å². The van der Waals surface area contributed by atoms with Crippen LogP contribution in [0.1, 0.15) is 46.0 Å². The van der Waals surface area contributed by atoms with Crippen LogP contribution in [0.15, 0.2) is 29.3 Å². The van der Waals surface area contributed by atoms with Gasteiger partial charge in [-0.15, -0.1) is 0 Å². The highest BCUT2D eigenvalue weighted by Gasteiger charge is 2.58. The Balaban J connectivity index is 1.55. The lowest BCUT2D eigenvalue weighted by Crippen LogP contribution is -2.64. The van der Waals surface area contributed by atoms with E-state index in [2.05, 4.69) is 10.3 Å². The molecule has 6 nitrogen and oxygen atoms in total. The molecule has 0 aromatic heterocycles. The fraction of sp³-hybridized carbons (Fsp3) is 0.591. The van der Waals surface area contributed by atoms with Crippen LogP contribution in [0.3, 0.4) is 0 Å². The van der Waals surface area contributed by atoms with Crippen molar-refractivity contribution >= 4 is 23.3 Å². The van der Waals surface area contributed by atoms with Crippen LogP contribution in [0.2, 0.25) is 5.02 Å². The predicted molar refractivity (Wildman–Crippen MR) is 111 cm³/mol. The SMILES string of the molecule is CC(C)(Oc1ccccc1Cl)/C(=N/C#N)NC1C2CC3CC1CC(C(N)=O)(C3)C2. The minimum Gasteiger partial charge on any atom is -0.478 e. The van der Waals surface area contributed by atoms with Gasteiger partial charge in [0.2, 0.25) is 12.1 Å². The number of benzene rings is 1. The summed E-state index contributed by atoms with van der Waals surface area (Å²) in [4.78, 5) is 16.3. The molecule has 7 heteroatoms. The number of halogens is 1. The summed E-state index contributed by atoms with van der Waals surface area (Å²) < 4.78 is 6.15. The number of hydrogen-bond donors (Lipinski definition) is 2. The van der Waals surface area contributed by atoms with Crippen LogP contribution < -0.4 is 15.8 Å². The summed E-state index contributed by atoms with van der Waals surface area (Å²) in [6.45, 7) is 3.75. The Morgan fingerprint density at radius 1 is 1.31 bits per heavy atom. The van der Waals surface area contributed by atoms with Gasteiger partial charge in [0.1, 0.15) is 5.75 Å². The van der Waals surface area contributed by atoms with E-state index in [1.165, 1.54) is 0 Å². The van der Waals surface area contributed by atoms with Gasteiger partial charge in [0.25, 0.3) is 0 Å². The van der Waals surface area contributed by atoms with Gasteiger partial charge in [-0.1, -0.05) is 23.7 Å². The van der Waals surface area contributed by atoms with Crippen LogP contribution in [0.5, 0.6) is 5.75 Å². The van der Waals surface area contributed by atoms with Crippen LogP contribution in [-0.2, 0) is 4.79 Å². The third-order valence-electron chi connectivity index (χ3n) is 7.03. The zero-order chi connectivity index (χ0) is 20.8. The number of ether oxygens (including phenoxy) is 1. The number of para-hydroxylation sites is 1. The maximum absolute atomic E-state index is 12.2. The van der Waals surface area contributed by atoms with Gasteiger partial charge < -0.3 is 15.8 Å². The molecule has 154 valence electrons. The monoisotopic (exact) mass is 414 g/mol. The molecule has 4 aliphatic rings. The highest BCUT2D eigenvalue weighted by atomic mass is 35.5. The summed E-state index contributed by atoms with van der Waals surface area (Å²) in [6.07, 6.45) is 6.66. The van der Waals surface area contributed by atoms with Crippen LogP contribution in [0.25, 0.3) is 0 Å². The van der Waals surface area contributed by atoms with E-state index in [0.29, 0.717) is 34.4 Å². The maximum Gasteiger partial charge on any atom is 0.223 e. The molecule has 0 spiro atoms. The number of primary amides is 1. The number of rotatable bonds is 5. The van der Waals surface area contributed by atoms with Gasteiger partial charge >= 0.3 is 0 Å². The van der Waals surface area contributed by atoms with E-state index in [0.717, 1.165) is 32.1 Å². The van der Waals surface area contributed by atoms with E-state index in [-0.39, 0.29) is 17.4 Å². The first-order chi connectivity index (χ1) is 13.7. The summed E-state index contributed by atoms with van der Waals surface area (Å²) in [5.41, 5.74) is 4.59. The molecule has 2 unspecified atom stereocenters. The lowest BCUT2D eigenvalue weighted by molar-refractivity contribution is -0.145. The van der Waals surface area contributed by atoms with Gasteiger partial charge in [0.15, 0.2) is 11.4 Å². The number of nitriles is 1. The van der Waals surface area contributed by atoms with E-state index in [1.807, 2.05) is 32.2 Å². The fourth-order valence-electron chi connectivity index (χ4n) is 5.96. The standard InChI is InChI=1S/C22H27ClN4O2/c1-21(2,29-17-6-4-3-5-16(17)23)20(26-12-24)27-18-14-7-13-8-15(18)11-22(9-13,10-14)19(25)28/h3-6,13-15,18H,7-11H2,1-2H3,(H2,25,28)(H,26,27). The number of carbonyl (C=O) groups excluding carboxylic acids is 1. The molecule has 5 rings (SSSR count). The van der Waals surface area contributed by atoms with Crippen molar-refractivity contribution in [2.75, 3.05) is 0 Å². The first-order valence-electron chi connectivity index (χ1n) is 10.2. The number of nitrogens with zero attached hydrogens (tertiary/aromatic N) is 2. The van der Waals surface area contributed by atoms with E-state index < -0.39 is 5.60 Å². The van der Waals surface area contributed by atoms with Crippen molar-refractivity contribution in [1.29, 1.82) is 5.26 Å². The fourth-order valence-corrected chi connectivity index (χ4v) is 6.14. The summed E-state index contributed by atoms with van der Waals surface area (Å²) in [7, 11) is 0. The van der Waals surface area contributed by atoms with Gasteiger partial charge in [0, 0.05) is 11.5 Å². The Kier molecular flexibility index (Phi) is 4.98. The van der Waals surface area contributed by atoms with E-state index in [4.69, 9.17) is 22.1 Å². The molecule has 4 bridgehead atoms. The Hall–Kier alpha value is -2.26.